The molecule has 0 bridgehead atoms. The maximum absolute atomic E-state index is 12.9. The summed E-state index contributed by atoms with van der Waals surface area (Å²) in [5, 5.41) is -3.60. The second-order valence-electron chi connectivity index (χ2n) is 4.32. The van der Waals surface area contributed by atoms with Crippen molar-refractivity contribution in [3.05, 3.63) is 42.5 Å². The molecule has 0 amide bonds. The van der Waals surface area contributed by atoms with Crippen molar-refractivity contribution in [2.24, 2.45) is 0 Å². The summed E-state index contributed by atoms with van der Waals surface area (Å²) in [4.78, 5) is -0.426. The molecule has 6 nitrogen and oxygen atoms in total. The molecular formula is C12H9F2O6S2-. The van der Waals surface area contributed by atoms with E-state index in [-0.39, 0.29) is 0 Å². The second-order valence-corrected chi connectivity index (χ2v) is 7.44. The normalized spacial score (nSPS) is 13.4. The minimum absolute atomic E-state index is 0.426. The fourth-order valence-electron chi connectivity index (χ4n) is 1.61. The first-order chi connectivity index (χ1) is 10.0. The molecule has 0 aliphatic carbocycles. The third-order valence-electron chi connectivity index (χ3n) is 2.76. The van der Waals surface area contributed by atoms with Crippen LogP contribution in [0.2, 0.25) is 0 Å². The van der Waals surface area contributed by atoms with E-state index in [9.17, 15) is 30.2 Å². The van der Waals surface area contributed by atoms with Gasteiger partial charge < -0.3 is 4.55 Å². The Morgan fingerprint density at radius 2 is 1.59 bits per heavy atom. The molecule has 22 heavy (non-hydrogen) atoms. The summed E-state index contributed by atoms with van der Waals surface area (Å²) < 4.78 is 84.4. The van der Waals surface area contributed by atoms with Gasteiger partial charge in [0.05, 0.1) is 4.90 Å². The van der Waals surface area contributed by atoms with Gasteiger partial charge in [-0.1, -0.05) is 30.3 Å². The highest BCUT2D eigenvalue weighted by atomic mass is 32.2. The molecule has 0 spiro atoms. The van der Waals surface area contributed by atoms with Gasteiger partial charge in [-0.25, -0.2) is 8.42 Å². The molecule has 0 radical (unpaired) electrons. The minimum Gasteiger partial charge on any atom is -0.743 e. The Morgan fingerprint density at radius 3 is 2.18 bits per heavy atom. The van der Waals surface area contributed by atoms with E-state index >= 15 is 0 Å². The first-order valence-corrected chi connectivity index (χ1v) is 8.56. The van der Waals surface area contributed by atoms with Crippen molar-refractivity contribution < 1.29 is 34.4 Å². The third-order valence-corrected chi connectivity index (χ3v) is 4.87. The zero-order valence-electron chi connectivity index (χ0n) is 10.8. The molecule has 0 N–H and O–H groups in total. The van der Waals surface area contributed by atoms with E-state index in [0.717, 1.165) is 6.07 Å². The van der Waals surface area contributed by atoms with Crippen molar-refractivity contribution >= 4 is 31.0 Å². The molecule has 0 saturated heterocycles. The van der Waals surface area contributed by atoms with Gasteiger partial charge in [0.2, 0.25) is 0 Å². The van der Waals surface area contributed by atoms with Crippen LogP contribution in [0, 0.1) is 0 Å². The van der Waals surface area contributed by atoms with Gasteiger partial charge in [-0.15, -0.1) is 0 Å². The Bertz CT molecular complexity index is 906. The largest absolute Gasteiger partial charge is 0.743 e. The quantitative estimate of drug-likeness (QED) is 0.600. The van der Waals surface area contributed by atoms with Gasteiger partial charge in [0.25, 0.3) is 10.1 Å². The molecule has 120 valence electrons. The fraction of sp³-hybridized carbons (Fsp3) is 0.167. The van der Waals surface area contributed by atoms with Crippen molar-refractivity contribution in [2.75, 3.05) is 6.61 Å². The van der Waals surface area contributed by atoms with Crippen molar-refractivity contribution in [1.82, 2.24) is 0 Å². The van der Waals surface area contributed by atoms with Gasteiger partial charge in [0.1, 0.15) is 6.61 Å². The lowest BCUT2D eigenvalue weighted by atomic mass is 10.1. The van der Waals surface area contributed by atoms with E-state index in [1.54, 1.807) is 24.3 Å². The van der Waals surface area contributed by atoms with E-state index in [4.69, 9.17) is 0 Å². The van der Waals surface area contributed by atoms with Gasteiger partial charge in [0.15, 0.2) is 10.1 Å². The molecule has 2 aromatic carbocycles. The zero-order chi connectivity index (χ0) is 16.6. The number of fused-ring (bicyclic) bond motifs is 1. The van der Waals surface area contributed by atoms with Crippen LogP contribution in [0.1, 0.15) is 0 Å². The molecule has 0 heterocycles. The minimum atomic E-state index is -6.01. The maximum atomic E-state index is 12.9. The van der Waals surface area contributed by atoms with Crippen LogP contribution in [-0.2, 0) is 24.4 Å². The molecule has 10 heteroatoms. The van der Waals surface area contributed by atoms with Gasteiger partial charge >= 0.3 is 5.25 Å². The summed E-state index contributed by atoms with van der Waals surface area (Å²) in [5.41, 5.74) is 0. The summed E-state index contributed by atoms with van der Waals surface area (Å²) in [5.74, 6) is 0. The molecule has 0 aromatic heterocycles. The topological polar surface area (TPSA) is 101 Å². The Kier molecular flexibility index (Phi) is 4.22. The monoisotopic (exact) mass is 351 g/mol. The number of halogens is 2. The number of alkyl halides is 2. The van der Waals surface area contributed by atoms with E-state index in [1.165, 1.54) is 12.1 Å². The molecule has 2 aromatic rings. The summed E-state index contributed by atoms with van der Waals surface area (Å²) in [7, 11) is -10.6. The van der Waals surface area contributed by atoms with Crippen molar-refractivity contribution in [2.45, 2.75) is 10.2 Å². The first-order valence-electron chi connectivity index (χ1n) is 5.74. The Labute approximate surface area is 125 Å². The SMILES string of the molecule is O=S(=O)(OCC(F)(F)S(=O)(=O)[O-])c1ccc2ccccc2c1. The lowest BCUT2D eigenvalue weighted by Gasteiger charge is -2.19. The van der Waals surface area contributed by atoms with E-state index in [2.05, 4.69) is 4.18 Å². The van der Waals surface area contributed by atoms with Crippen molar-refractivity contribution in [1.29, 1.82) is 0 Å². The second kappa shape index (κ2) is 5.54. The van der Waals surface area contributed by atoms with E-state index in [0.29, 0.717) is 10.8 Å². The number of rotatable bonds is 5. The molecule has 0 unspecified atom stereocenters. The third kappa shape index (κ3) is 3.40. The highest BCUT2D eigenvalue weighted by Crippen LogP contribution is 2.25. The Hall–Kier alpha value is -1.62. The Morgan fingerprint density at radius 1 is 1.00 bits per heavy atom. The van der Waals surface area contributed by atoms with Gasteiger partial charge in [-0.05, 0) is 22.9 Å². The van der Waals surface area contributed by atoms with E-state index in [1.807, 2.05) is 0 Å². The molecule has 2 rings (SSSR count). The van der Waals surface area contributed by atoms with Gasteiger partial charge in [-0.2, -0.15) is 17.2 Å². The van der Waals surface area contributed by atoms with Crippen LogP contribution >= 0.6 is 0 Å². The molecular weight excluding hydrogens is 342 g/mol. The average Bonchev–Trinajstić information content (AvgIpc) is 2.44. The van der Waals surface area contributed by atoms with Gasteiger partial charge in [0, 0.05) is 0 Å². The van der Waals surface area contributed by atoms with Gasteiger partial charge in [-0.3, -0.25) is 4.18 Å². The van der Waals surface area contributed by atoms with Crippen LogP contribution in [0.25, 0.3) is 10.8 Å². The van der Waals surface area contributed by atoms with Crippen LogP contribution < -0.4 is 0 Å². The number of hydrogen-bond donors (Lipinski definition) is 0. The zero-order valence-corrected chi connectivity index (χ0v) is 12.4. The predicted molar refractivity (Wildman–Crippen MR) is 71.7 cm³/mol. The lowest BCUT2D eigenvalue weighted by Crippen LogP contribution is -2.34. The summed E-state index contributed by atoms with van der Waals surface area (Å²) in [6.45, 7) is -2.08. The molecule has 0 aliphatic rings. The maximum Gasteiger partial charge on any atom is 0.358 e. The van der Waals surface area contributed by atoms with Crippen LogP contribution in [0.4, 0.5) is 8.78 Å². The summed E-state index contributed by atoms with van der Waals surface area (Å²) in [6.07, 6.45) is 0. The van der Waals surface area contributed by atoms with Crippen molar-refractivity contribution in [3.63, 3.8) is 0 Å². The molecule has 0 saturated carbocycles. The molecule has 0 fully saturated rings. The first kappa shape index (κ1) is 16.7. The standard InChI is InChI=1S/C12H10F2O6S2/c13-12(14,22(17,18)19)8-20-21(15,16)11-6-5-9-3-1-2-4-10(9)7-11/h1-7H,8H2,(H,17,18,19)/p-1. The van der Waals surface area contributed by atoms with Crippen LogP contribution in [0.15, 0.2) is 47.4 Å². The highest BCUT2D eigenvalue weighted by molar-refractivity contribution is 7.87. The summed E-state index contributed by atoms with van der Waals surface area (Å²) in [6, 6.07) is 10.4. The van der Waals surface area contributed by atoms with E-state index < -0.39 is 37.0 Å². The number of benzene rings is 2. The average molecular weight is 351 g/mol. The predicted octanol–water partition coefficient (Wildman–Crippen LogP) is 1.68. The van der Waals surface area contributed by atoms with Crippen LogP contribution in [0.5, 0.6) is 0 Å². The highest BCUT2D eigenvalue weighted by Gasteiger charge is 2.40. The van der Waals surface area contributed by atoms with Crippen LogP contribution in [0.3, 0.4) is 0 Å². The fourth-order valence-corrected chi connectivity index (χ4v) is 2.83. The Balaban J connectivity index is 2.30. The molecule has 0 aliphatic heterocycles. The number of hydrogen-bond acceptors (Lipinski definition) is 6. The molecule has 0 atom stereocenters. The lowest BCUT2D eigenvalue weighted by molar-refractivity contribution is 0.0303. The van der Waals surface area contributed by atoms with Crippen LogP contribution in [-0.4, -0.2) is 33.2 Å². The van der Waals surface area contributed by atoms with Crippen molar-refractivity contribution in [3.8, 4) is 0 Å². The summed E-state index contributed by atoms with van der Waals surface area (Å²) >= 11 is 0. The smallest absolute Gasteiger partial charge is 0.358 e.